The molecule has 0 unspecified atom stereocenters. The van der Waals surface area contributed by atoms with E-state index in [-0.39, 0.29) is 16.1 Å². The summed E-state index contributed by atoms with van der Waals surface area (Å²) in [6, 6.07) is 26.7. The Hall–Kier alpha value is -3.84. The zero-order valence-electron chi connectivity index (χ0n) is 18.8. The maximum Gasteiger partial charge on any atom is 0.262 e. The van der Waals surface area contributed by atoms with E-state index in [4.69, 9.17) is 4.74 Å². The molecule has 6 nitrogen and oxygen atoms in total. The van der Waals surface area contributed by atoms with Crippen molar-refractivity contribution >= 4 is 32.4 Å². The van der Waals surface area contributed by atoms with Gasteiger partial charge >= 0.3 is 0 Å². The van der Waals surface area contributed by atoms with Crippen LogP contribution in [0.1, 0.15) is 29.3 Å². The topological polar surface area (TPSA) is 84.5 Å². The lowest BCUT2D eigenvalue weighted by atomic mass is 10.1. The van der Waals surface area contributed by atoms with Crippen LogP contribution in [0, 0.1) is 0 Å². The molecule has 1 amide bonds. The lowest BCUT2D eigenvalue weighted by Crippen LogP contribution is -2.25. The summed E-state index contributed by atoms with van der Waals surface area (Å²) < 4.78 is 35.0. The SMILES string of the molecule is CCCOc1ccc(NS(=O)(=O)c2cccc3ccccc23)c(C(=O)NCc2ccccc2)c1. The van der Waals surface area contributed by atoms with Gasteiger partial charge in [0.2, 0.25) is 0 Å². The molecule has 0 aliphatic rings. The molecule has 0 fully saturated rings. The molecule has 0 saturated heterocycles. The number of carbonyl (C=O) groups is 1. The Morgan fingerprint density at radius 2 is 1.62 bits per heavy atom. The first kappa shape index (κ1) is 23.3. The van der Waals surface area contributed by atoms with E-state index in [1.54, 1.807) is 42.5 Å². The van der Waals surface area contributed by atoms with E-state index in [1.165, 1.54) is 0 Å². The fourth-order valence-corrected chi connectivity index (χ4v) is 4.92. The van der Waals surface area contributed by atoms with E-state index in [0.717, 1.165) is 17.4 Å². The summed E-state index contributed by atoms with van der Waals surface area (Å²) in [5, 5.41) is 4.29. The number of rotatable bonds is 9. The summed E-state index contributed by atoms with van der Waals surface area (Å²) in [6.45, 7) is 2.79. The fraction of sp³-hybridized carbons (Fsp3) is 0.148. The maximum atomic E-state index is 13.4. The number of nitrogens with one attached hydrogen (secondary N) is 2. The number of anilines is 1. The molecule has 0 atom stereocenters. The Morgan fingerprint density at radius 3 is 2.41 bits per heavy atom. The summed E-state index contributed by atoms with van der Waals surface area (Å²) in [7, 11) is -3.96. The molecule has 0 spiro atoms. The third-order valence-corrected chi connectivity index (χ3v) is 6.71. The number of hydrogen-bond acceptors (Lipinski definition) is 4. The molecule has 0 aliphatic heterocycles. The van der Waals surface area contributed by atoms with Crippen LogP contribution in [-0.2, 0) is 16.6 Å². The van der Waals surface area contributed by atoms with Gasteiger partial charge in [-0.25, -0.2) is 8.42 Å². The lowest BCUT2D eigenvalue weighted by Gasteiger charge is -2.16. The number of benzene rings is 4. The van der Waals surface area contributed by atoms with Gasteiger partial charge in [0, 0.05) is 11.9 Å². The van der Waals surface area contributed by atoms with Crippen LogP contribution in [0.25, 0.3) is 10.8 Å². The summed E-state index contributed by atoms with van der Waals surface area (Å²) in [6.07, 6.45) is 0.811. The standard InChI is InChI=1S/C27H26N2O4S/c1-2-17-33-22-15-16-25(24(18-22)27(30)28-19-20-9-4-3-5-10-20)29-34(31,32)26-14-8-12-21-11-6-7-13-23(21)26/h3-16,18,29H,2,17,19H2,1H3,(H,28,30). The Bertz CT molecular complexity index is 1400. The summed E-state index contributed by atoms with van der Waals surface area (Å²) in [5.74, 6) is 0.0984. The van der Waals surface area contributed by atoms with Crippen LogP contribution in [0.15, 0.2) is 95.9 Å². The number of sulfonamides is 1. The quantitative estimate of drug-likeness (QED) is 0.342. The predicted octanol–water partition coefficient (Wildman–Crippen LogP) is 5.36. The van der Waals surface area contributed by atoms with Crippen LogP contribution in [-0.4, -0.2) is 20.9 Å². The van der Waals surface area contributed by atoms with Crippen LogP contribution in [0.3, 0.4) is 0 Å². The van der Waals surface area contributed by atoms with Crippen molar-refractivity contribution in [2.24, 2.45) is 0 Å². The van der Waals surface area contributed by atoms with Gasteiger partial charge in [-0.3, -0.25) is 9.52 Å². The highest BCUT2D eigenvalue weighted by Crippen LogP contribution is 2.28. The van der Waals surface area contributed by atoms with Gasteiger partial charge in [-0.15, -0.1) is 0 Å². The molecule has 0 aromatic heterocycles. The van der Waals surface area contributed by atoms with Gasteiger partial charge in [-0.1, -0.05) is 73.7 Å². The number of ether oxygens (including phenoxy) is 1. The van der Waals surface area contributed by atoms with Crippen LogP contribution >= 0.6 is 0 Å². The minimum Gasteiger partial charge on any atom is -0.494 e. The third kappa shape index (κ3) is 5.38. The van der Waals surface area contributed by atoms with E-state index in [0.29, 0.717) is 24.3 Å². The molecule has 0 radical (unpaired) electrons. The van der Waals surface area contributed by atoms with Crippen molar-refractivity contribution < 1.29 is 17.9 Å². The number of hydrogen-bond donors (Lipinski definition) is 2. The van der Waals surface area contributed by atoms with Crippen LogP contribution in [0.4, 0.5) is 5.69 Å². The molecule has 2 N–H and O–H groups in total. The van der Waals surface area contributed by atoms with Crippen LogP contribution in [0.2, 0.25) is 0 Å². The maximum absolute atomic E-state index is 13.4. The molecule has 7 heteroatoms. The highest BCUT2D eigenvalue weighted by molar-refractivity contribution is 7.93. The summed E-state index contributed by atoms with van der Waals surface area (Å²) in [5.41, 5.74) is 1.31. The second-order valence-electron chi connectivity index (χ2n) is 7.81. The minimum atomic E-state index is -3.96. The minimum absolute atomic E-state index is 0.146. The van der Waals surface area contributed by atoms with E-state index in [2.05, 4.69) is 10.0 Å². The Labute approximate surface area is 199 Å². The van der Waals surface area contributed by atoms with Crippen molar-refractivity contribution in [3.8, 4) is 5.75 Å². The smallest absolute Gasteiger partial charge is 0.262 e. The number of fused-ring (bicyclic) bond motifs is 1. The molecule has 0 bridgehead atoms. The first-order valence-corrected chi connectivity index (χ1v) is 12.6. The van der Waals surface area contributed by atoms with E-state index in [9.17, 15) is 13.2 Å². The monoisotopic (exact) mass is 474 g/mol. The third-order valence-electron chi connectivity index (χ3n) is 5.29. The summed E-state index contributed by atoms with van der Waals surface area (Å²) >= 11 is 0. The van der Waals surface area contributed by atoms with Crippen molar-refractivity contribution in [1.82, 2.24) is 5.32 Å². The van der Waals surface area contributed by atoms with Crippen LogP contribution in [0.5, 0.6) is 5.75 Å². The summed E-state index contributed by atoms with van der Waals surface area (Å²) in [4.78, 5) is 13.2. The van der Waals surface area contributed by atoms with E-state index < -0.39 is 15.9 Å². The average molecular weight is 475 g/mol. The lowest BCUT2D eigenvalue weighted by molar-refractivity contribution is 0.0951. The molecule has 4 aromatic carbocycles. The number of amides is 1. The van der Waals surface area contributed by atoms with E-state index >= 15 is 0 Å². The molecule has 34 heavy (non-hydrogen) atoms. The van der Waals surface area contributed by atoms with Crippen molar-refractivity contribution in [2.75, 3.05) is 11.3 Å². The molecule has 0 aliphatic carbocycles. The predicted molar refractivity (Wildman–Crippen MR) is 135 cm³/mol. The van der Waals surface area contributed by atoms with Crippen LogP contribution < -0.4 is 14.8 Å². The van der Waals surface area contributed by atoms with Gasteiger partial charge < -0.3 is 10.1 Å². The largest absolute Gasteiger partial charge is 0.494 e. The molecular formula is C27H26N2O4S. The molecule has 174 valence electrons. The van der Waals surface area contributed by atoms with Crippen molar-refractivity contribution in [3.05, 3.63) is 102 Å². The molecule has 0 heterocycles. The normalized spacial score (nSPS) is 11.2. The Morgan fingerprint density at radius 1 is 0.882 bits per heavy atom. The second kappa shape index (κ2) is 10.4. The zero-order chi connectivity index (χ0) is 24.0. The number of carbonyl (C=O) groups excluding carboxylic acids is 1. The van der Waals surface area contributed by atoms with Gasteiger partial charge in [0.25, 0.3) is 15.9 Å². The molecule has 0 saturated carbocycles. The van der Waals surface area contributed by atoms with Gasteiger partial charge in [0.15, 0.2) is 0 Å². The van der Waals surface area contributed by atoms with Crippen molar-refractivity contribution in [1.29, 1.82) is 0 Å². The Kier molecular flexibility index (Phi) is 7.13. The molecule has 4 aromatic rings. The van der Waals surface area contributed by atoms with Gasteiger partial charge in [0.1, 0.15) is 5.75 Å². The van der Waals surface area contributed by atoms with Gasteiger partial charge in [-0.2, -0.15) is 0 Å². The zero-order valence-corrected chi connectivity index (χ0v) is 19.6. The first-order valence-electron chi connectivity index (χ1n) is 11.1. The second-order valence-corrected chi connectivity index (χ2v) is 9.46. The fourth-order valence-electron chi connectivity index (χ4n) is 3.61. The highest BCUT2D eigenvalue weighted by Gasteiger charge is 2.21. The van der Waals surface area contributed by atoms with Crippen molar-refractivity contribution in [3.63, 3.8) is 0 Å². The molecular weight excluding hydrogens is 448 g/mol. The van der Waals surface area contributed by atoms with Gasteiger partial charge in [0.05, 0.1) is 22.8 Å². The van der Waals surface area contributed by atoms with Gasteiger partial charge in [-0.05, 0) is 41.6 Å². The van der Waals surface area contributed by atoms with E-state index in [1.807, 2.05) is 55.5 Å². The molecule has 4 rings (SSSR count). The first-order chi connectivity index (χ1) is 16.5. The average Bonchev–Trinajstić information content (AvgIpc) is 2.86. The highest BCUT2D eigenvalue weighted by atomic mass is 32.2. The Balaban J connectivity index is 1.66. The van der Waals surface area contributed by atoms with Crippen molar-refractivity contribution in [2.45, 2.75) is 24.8 Å².